The first-order chi connectivity index (χ1) is 11.7. The number of likely N-dealkylation sites (tertiary alicyclic amines) is 1. The number of benzene rings is 1. The summed E-state index contributed by atoms with van der Waals surface area (Å²) in [6.45, 7) is 9.35. The van der Waals surface area contributed by atoms with Crippen LogP contribution in [0.25, 0.3) is 0 Å². The van der Waals surface area contributed by atoms with Crippen molar-refractivity contribution in [2.75, 3.05) is 19.6 Å². The predicted octanol–water partition coefficient (Wildman–Crippen LogP) is 3.86. The Morgan fingerprint density at radius 1 is 1.32 bits per heavy atom. The quantitative estimate of drug-likeness (QED) is 0.433. The molecule has 1 saturated heterocycles. The first kappa shape index (κ1) is 19.8. The van der Waals surface area contributed by atoms with Gasteiger partial charge in [0.15, 0.2) is 5.96 Å². The monoisotopic (exact) mass is 454 g/mol. The van der Waals surface area contributed by atoms with Gasteiger partial charge in [0, 0.05) is 25.6 Å². The minimum absolute atomic E-state index is 0. The highest BCUT2D eigenvalue weighted by Crippen LogP contribution is 2.27. The van der Waals surface area contributed by atoms with Gasteiger partial charge in [0.25, 0.3) is 0 Å². The van der Waals surface area contributed by atoms with E-state index < -0.39 is 0 Å². The second-order valence-corrected chi connectivity index (χ2v) is 6.26. The van der Waals surface area contributed by atoms with E-state index in [0.29, 0.717) is 18.4 Å². The Morgan fingerprint density at radius 3 is 2.72 bits per heavy atom. The second-order valence-electron chi connectivity index (χ2n) is 6.26. The van der Waals surface area contributed by atoms with Gasteiger partial charge in [-0.25, -0.2) is 9.98 Å². The molecule has 1 aliphatic heterocycles. The van der Waals surface area contributed by atoms with Crippen LogP contribution < -0.4 is 5.32 Å². The number of aliphatic imine (C=N–C) groups is 1. The summed E-state index contributed by atoms with van der Waals surface area (Å²) in [5, 5.41) is 3.39. The fourth-order valence-electron chi connectivity index (χ4n) is 3.13. The van der Waals surface area contributed by atoms with E-state index >= 15 is 0 Å². The normalized spacial score (nSPS) is 17.5. The highest BCUT2D eigenvalue weighted by Gasteiger charge is 2.25. The molecule has 1 atom stereocenters. The summed E-state index contributed by atoms with van der Waals surface area (Å²) in [4.78, 5) is 11.5. The summed E-state index contributed by atoms with van der Waals surface area (Å²) in [6.07, 6.45) is 1.16. The fraction of sp³-hybridized carbons (Fsp3) is 0.474. The van der Waals surface area contributed by atoms with Crippen molar-refractivity contribution in [2.45, 2.75) is 39.7 Å². The average molecular weight is 454 g/mol. The van der Waals surface area contributed by atoms with E-state index in [1.54, 1.807) is 0 Å². The van der Waals surface area contributed by atoms with E-state index in [1.807, 2.05) is 13.8 Å². The molecule has 3 rings (SSSR count). The van der Waals surface area contributed by atoms with Crippen molar-refractivity contribution >= 4 is 29.9 Å². The van der Waals surface area contributed by atoms with Gasteiger partial charge in [-0.2, -0.15) is 0 Å². The van der Waals surface area contributed by atoms with Crippen molar-refractivity contribution in [3.63, 3.8) is 0 Å². The maximum atomic E-state index is 5.63. The zero-order valence-electron chi connectivity index (χ0n) is 15.2. The van der Waals surface area contributed by atoms with Crippen LogP contribution in [0, 0.1) is 13.8 Å². The van der Waals surface area contributed by atoms with Gasteiger partial charge in [0.05, 0.1) is 5.69 Å². The molecule has 0 radical (unpaired) electrons. The third-order valence-electron chi connectivity index (χ3n) is 4.53. The summed E-state index contributed by atoms with van der Waals surface area (Å²) in [5.41, 5.74) is 2.35. The van der Waals surface area contributed by atoms with Crippen LogP contribution in [-0.4, -0.2) is 35.5 Å². The second kappa shape index (κ2) is 9.22. The van der Waals surface area contributed by atoms with Gasteiger partial charge < -0.3 is 14.6 Å². The Kier molecular flexibility index (Phi) is 7.28. The van der Waals surface area contributed by atoms with E-state index in [4.69, 9.17) is 9.41 Å². The van der Waals surface area contributed by atoms with Crippen molar-refractivity contribution in [3.8, 4) is 0 Å². The Bertz CT molecular complexity index is 679. The summed E-state index contributed by atoms with van der Waals surface area (Å²) in [7, 11) is 0. The number of halogens is 1. The van der Waals surface area contributed by atoms with Gasteiger partial charge in [0.1, 0.15) is 12.3 Å². The number of hydrogen-bond donors (Lipinski definition) is 1. The summed E-state index contributed by atoms with van der Waals surface area (Å²) >= 11 is 0. The van der Waals surface area contributed by atoms with Crippen molar-refractivity contribution in [1.82, 2.24) is 15.2 Å². The van der Waals surface area contributed by atoms with Gasteiger partial charge in [0.2, 0.25) is 5.89 Å². The van der Waals surface area contributed by atoms with Crippen LogP contribution in [0.1, 0.15) is 42.2 Å². The first-order valence-corrected chi connectivity index (χ1v) is 8.68. The molecule has 5 nitrogen and oxygen atoms in total. The van der Waals surface area contributed by atoms with Crippen molar-refractivity contribution in [1.29, 1.82) is 0 Å². The number of oxazole rings is 1. The van der Waals surface area contributed by atoms with Crippen LogP contribution in [0.4, 0.5) is 0 Å². The smallest absolute Gasteiger partial charge is 0.216 e. The molecule has 136 valence electrons. The Hall–Kier alpha value is -1.57. The number of guanidine groups is 1. The minimum atomic E-state index is 0. The molecule has 0 spiro atoms. The molecule has 1 aromatic heterocycles. The lowest BCUT2D eigenvalue weighted by Crippen LogP contribution is -2.40. The third kappa shape index (κ3) is 4.96. The summed E-state index contributed by atoms with van der Waals surface area (Å²) in [5.74, 6) is 3.07. The van der Waals surface area contributed by atoms with Crippen molar-refractivity contribution in [3.05, 3.63) is 53.2 Å². The molecule has 0 bridgehead atoms. The largest absolute Gasteiger partial charge is 0.444 e. The van der Waals surface area contributed by atoms with E-state index in [-0.39, 0.29) is 24.0 Å². The highest BCUT2D eigenvalue weighted by atomic mass is 127. The molecule has 1 N–H and O–H groups in total. The summed E-state index contributed by atoms with van der Waals surface area (Å²) in [6, 6.07) is 10.7. The Labute approximate surface area is 166 Å². The van der Waals surface area contributed by atoms with Gasteiger partial charge >= 0.3 is 0 Å². The van der Waals surface area contributed by atoms with Crippen LogP contribution in [0.15, 0.2) is 39.7 Å². The number of nitrogens with one attached hydrogen (secondary N) is 1. The van der Waals surface area contributed by atoms with Crippen LogP contribution in [0.5, 0.6) is 0 Å². The standard InChI is InChI=1S/C19H26N4O.HI/c1-4-20-19(21-12-18-22-14(2)15(3)24-18)23-11-10-17(13-23)16-8-6-5-7-9-16;/h5-9,17H,4,10-13H2,1-3H3,(H,20,21);1H. The van der Waals surface area contributed by atoms with Gasteiger partial charge in [-0.1, -0.05) is 30.3 Å². The lowest BCUT2D eigenvalue weighted by atomic mass is 9.99. The van der Waals surface area contributed by atoms with Gasteiger partial charge in [-0.15, -0.1) is 24.0 Å². The Morgan fingerprint density at radius 2 is 2.08 bits per heavy atom. The lowest BCUT2D eigenvalue weighted by molar-refractivity contribution is 0.461. The molecule has 1 aromatic carbocycles. The molecule has 1 unspecified atom stereocenters. The van der Waals surface area contributed by atoms with Gasteiger partial charge in [-0.3, -0.25) is 0 Å². The summed E-state index contributed by atoms with van der Waals surface area (Å²) < 4.78 is 5.63. The number of hydrogen-bond acceptors (Lipinski definition) is 3. The number of aryl methyl sites for hydroxylation is 2. The van der Waals surface area contributed by atoms with Crippen LogP contribution in [0.2, 0.25) is 0 Å². The first-order valence-electron chi connectivity index (χ1n) is 8.68. The molecule has 0 amide bonds. The molecular weight excluding hydrogens is 427 g/mol. The molecule has 25 heavy (non-hydrogen) atoms. The molecule has 0 saturated carbocycles. The Balaban J connectivity index is 0.00000225. The minimum Gasteiger partial charge on any atom is -0.444 e. The predicted molar refractivity (Wildman–Crippen MR) is 112 cm³/mol. The SMILES string of the molecule is CCNC(=NCc1nc(C)c(C)o1)N1CCC(c2ccccc2)C1.I. The molecule has 1 aliphatic rings. The van der Waals surface area contributed by atoms with Crippen molar-refractivity contribution in [2.24, 2.45) is 4.99 Å². The molecule has 0 aliphatic carbocycles. The third-order valence-corrected chi connectivity index (χ3v) is 4.53. The van der Waals surface area contributed by atoms with Crippen LogP contribution >= 0.6 is 24.0 Å². The zero-order valence-corrected chi connectivity index (χ0v) is 17.5. The van der Waals surface area contributed by atoms with E-state index in [9.17, 15) is 0 Å². The molecule has 2 aromatic rings. The lowest BCUT2D eigenvalue weighted by Gasteiger charge is -2.21. The van der Waals surface area contributed by atoms with E-state index in [1.165, 1.54) is 5.56 Å². The number of aromatic nitrogens is 1. The van der Waals surface area contributed by atoms with E-state index in [2.05, 4.69) is 52.5 Å². The average Bonchev–Trinajstić information content (AvgIpc) is 3.20. The molecule has 6 heteroatoms. The van der Waals surface area contributed by atoms with Crippen LogP contribution in [0.3, 0.4) is 0 Å². The molecular formula is C19H27IN4O. The fourth-order valence-corrected chi connectivity index (χ4v) is 3.13. The number of nitrogens with zero attached hydrogens (tertiary/aromatic N) is 3. The van der Waals surface area contributed by atoms with Crippen molar-refractivity contribution < 1.29 is 4.42 Å². The number of rotatable bonds is 4. The topological polar surface area (TPSA) is 53.7 Å². The molecule has 1 fully saturated rings. The van der Waals surface area contributed by atoms with E-state index in [0.717, 1.165) is 43.5 Å². The zero-order chi connectivity index (χ0) is 16.9. The van der Waals surface area contributed by atoms with Crippen LogP contribution in [-0.2, 0) is 6.54 Å². The highest BCUT2D eigenvalue weighted by molar-refractivity contribution is 14.0. The van der Waals surface area contributed by atoms with Gasteiger partial charge in [-0.05, 0) is 32.8 Å². The molecule has 2 heterocycles. The maximum Gasteiger partial charge on any atom is 0.216 e. The maximum absolute atomic E-state index is 5.63.